The van der Waals surface area contributed by atoms with E-state index in [0.29, 0.717) is 0 Å². The summed E-state index contributed by atoms with van der Waals surface area (Å²) in [6.45, 7) is 3.23. The van der Waals surface area contributed by atoms with E-state index >= 15 is 0 Å². The van der Waals surface area contributed by atoms with Crippen molar-refractivity contribution in [3.63, 3.8) is 0 Å². The molecule has 17 heavy (non-hydrogen) atoms. The lowest BCUT2D eigenvalue weighted by Crippen LogP contribution is -2.47. The molecule has 1 aliphatic heterocycles. The second-order valence-corrected chi connectivity index (χ2v) is 5.71. The van der Waals surface area contributed by atoms with Gasteiger partial charge in [0.15, 0.2) is 0 Å². The molecular weight excluding hydrogens is 210 g/mol. The van der Waals surface area contributed by atoms with E-state index in [9.17, 15) is 0 Å². The first-order valence-electron chi connectivity index (χ1n) is 7.58. The van der Waals surface area contributed by atoms with Crippen LogP contribution in [0.4, 0.5) is 0 Å². The van der Waals surface area contributed by atoms with Crippen molar-refractivity contribution in [3.8, 4) is 0 Å². The van der Waals surface area contributed by atoms with Crippen LogP contribution in [0.5, 0.6) is 0 Å². The molecule has 0 bridgehead atoms. The Kier molecular flexibility index (Phi) is 5.75. The van der Waals surface area contributed by atoms with Crippen molar-refractivity contribution >= 4 is 0 Å². The van der Waals surface area contributed by atoms with Crippen LogP contribution in [0.2, 0.25) is 0 Å². The molecule has 2 rings (SSSR count). The van der Waals surface area contributed by atoms with Crippen molar-refractivity contribution in [2.24, 2.45) is 11.7 Å². The maximum Gasteiger partial charge on any atom is 0.0111 e. The summed E-state index contributed by atoms with van der Waals surface area (Å²) >= 11 is 0. The van der Waals surface area contributed by atoms with E-state index in [0.717, 1.165) is 37.5 Å². The zero-order valence-corrected chi connectivity index (χ0v) is 11.1. The van der Waals surface area contributed by atoms with Crippen molar-refractivity contribution < 1.29 is 0 Å². The van der Waals surface area contributed by atoms with Gasteiger partial charge in [0.05, 0.1) is 0 Å². The molecule has 0 radical (unpaired) electrons. The third-order valence-corrected chi connectivity index (χ3v) is 4.47. The summed E-state index contributed by atoms with van der Waals surface area (Å²) in [4.78, 5) is 0. The summed E-state index contributed by atoms with van der Waals surface area (Å²) in [5.74, 6) is 0.879. The summed E-state index contributed by atoms with van der Waals surface area (Å²) in [7, 11) is 0. The molecule has 3 atom stereocenters. The topological polar surface area (TPSA) is 50.1 Å². The molecule has 0 aromatic rings. The Morgan fingerprint density at radius 2 is 1.94 bits per heavy atom. The average Bonchev–Trinajstić information content (AvgIpc) is 2.89. The van der Waals surface area contributed by atoms with Crippen LogP contribution in [0.3, 0.4) is 0 Å². The Morgan fingerprint density at radius 3 is 2.71 bits per heavy atom. The summed E-state index contributed by atoms with van der Waals surface area (Å²) in [5, 5.41) is 7.49. The fourth-order valence-electron chi connectivity index (χ4n) is 3.53. The molecule has 3 nitrogen and oxygen atoms in total. The van der Waals surface area contributed by atoms with Crippen molar-refractivity contribution in [2.75, 3.05) is 19.6 Å². The lowest BCUT2D eigenvalue weighted by molar-refractivity contribution is 0.214. The van der Waals surface area contributed by atoms with Gasteiger partial charge in [0.1, 0.15) is 0 Å². The van der Waals surface area contributed by atoms with Gasteiger partial charge in [-0.05, 0) is 64.1 Å². The maximum atomic E-state index is 5.54. The summed E-state index contributed by atoms with van der Waals surface area (Å²) < 4.78 is 0. The minimum atomic E-state index is 0.761. The Morgan fingerprint density at radius 1 is 1.06 bits per heavy atom. The molecule has 3 unspecified atom stereocenters. The standard InChI is InChI=1S/C14H29N3/c15-9-3-4-10-16-13-7-2-1-6-12(13)14-8-5-11-17-14/h12-14,16-17H,1-11,15H2. The zero-order chi connectivity index (χ0) is 11.9. The van der Waals surface area contributed by atoms with Crippen molar-refractivity contribution in [3.05, 3.63) is 0 Å². The van der Waals surface area contributed by atoms with Gasteiger partial charge >= 0.3 is 0 Å². The van der Waals surface area contributed by atoms with Gasteiger partial charge in [-0.15, -0.1) is 0 Å². The van der Waals surface area contributed by atoms with Crippen LogP contribution in [-0.4, -0.2) is 31.7 Å². The van der Waals surface area contributed by atoms with Crippen molar-refractivity contribution in [1.82, 2.24) is 10.6 Å². The van der Waals surface area contributed by atoms with Crippen LogP contribution < -0.4 is 16.4 Å². The number of nitrogens with two attached hydrogens (primary N) is 1. The minimum absolute atomic E-state index is 0.761. The van der Waals surface area contributed by atoms with Gasteiger partial charge < -0.3 is 16.4 Å². The van der Waals surface area contributed by atoms with E-state index < -0.39 is 0 Å². The first-order valence-corrected chi connectivity index (χ1v) is 7.58. The molecule has 0 amide bonds. The predicted octanol–water partition coefficient (Wildman–Crippen LogP) is 1.63. The SMILES string of the molecule is NCCCCNC1CCCCC1C1CCCN1. The van der Waals surface area contributed by atoms with E-state index in [1.54, 1.807) is 0 Å². The van der Waals surface area contributed by atoms with Crippen molar-refractivity contribution in [2.45, 2.75) is 63.5 Å². The second kappa shape index (κ2) is 7.34. The molecule has 1 saturated carbocycles. The van der Waals surface area contributed by atoms with E-state index in [1.807, 2.05) is 0 Å². The van der Waals surface area contributed by atoms with Gasteiger partial charge in [-0.1, -0.05) is 12.8 Å². The molecule has 0 aromatic heterocycles. The lowest BCUT2D eigenvalue weighted by Gasteiger charge is -2.36. The molecule has 1 heterocycles. The van der Waals surface area contributed by atoms with E-state index in [1.165, 1.54) is 51.5 Å². The second-order valence-electron chi connectivity index (χ2n) is 5.71. The fourth-order valence-corrected chi connectivity index (χ4v) is 3.53. The van der Waals surface area contributed by atoms with Gasteiger partial charge in [0, 0.05) is 12.1 Å². The highest BCUT2D eigenvalue weighted by Gasteiger charge is 2.32. The van der Waals surface area contributed by atoms with Gasteiger partial charge in [0.2, 0.25) is 0 Å². The Hall–Kier alpha value is -0.120. The Bertz CT molecular complexity index is 202. The molecule has 1 aliphatic carbocycles. The number of hydrogen-bond donors (Lipinski definition) is 3. The molecule has 1 saturated heterocycles. The van der Waals surface area contributed by atoms with E-state index in [-0.39, 0.29) is 0 Å². The smallest absolute Gasteiger partial charge is 0.0111 e. The monoisotopic (exact) mass is 239 g/mol. The summed E-state index contributed by atoms with van der Waals surface area (Å²) in [5.41, 5.74) is 5.54. The molecule has 100 valence electrons. The third-order valence-electron chi connectivity index (χ3n) is 4.47. The van der Waals surface area contributed by atoms with Crippen LogP contribution >= 0.6 is 0 Å². The largest absolute Gasteiger partial charge is 0.330 e. The first kappa shape index (κ1) is 13.3. The Labute approximate surface area is 106 Å². The minimum Gasteiger partial charge on any atom is -0.330 e. The lowest BCUT2D eigenvalue weighted by atomic mass is 9.79. The van der Waals surface area contributed by atoms with Crippen LogP contribution in [0.1, 0.15) is 51.4 Å². The number of unbranched alkanes of at least 4 members (excludes halogenated alkanes) is 1. The number of nitrogens with one attached hydrogen (secondary N) is 2. The van der Waals surface area contributed by atoms with Crippen LogP contribution in [0.15, 0.2) is 0 Å². The first-order chi connectivity index (χ1) is 8.42. The zero-order valence-electron chi connectivity index (χ0n) is 11.1. The molecule has 4 N–H and O–H groups in total. The highest BCUT2D eigenvalue weighted by Crippen LogP contribution is 2.30. The highest BCUT2D eigenvalue weighted by atomic mass is 15.0. The van der Waals surface area contributed by atoms with Crippen LogP contribution in [-0.2, 0) is 0 Å². The number of rotatable bonds is 6. The third kappa shape index (κ3) is 3.94. The quantitative estimate of drug-likeness (QED) is 0.617. The average molecular weight is 239 g/mol. The van der Waals surface area contributed by atoms with E-state index in [2.05, 4.69) is 10.6 Å². The predicted molar refractivity (Wildman–Crippen MR) is 73.1 cm³/mol. The normalized spacial score (nSPS) is 34.1. The van der Waals surface area contributed by atoms with E-state index in [4.69, 9.17) is 5.73 Å². The van der Waals surface area contributed by atoms with Crippen LogP contribution in [0.25, 0.3) is 0 Å². The van der Waals surface area contributed by atoms with Crippen LogP contribution in [0, 0.1) is 5.92 Å². The molecular formula is C14H29N3. The van der Waals surface area contributed by atoms with Crippen molar-refractivity contribution in [1.29, 1.82) is 0 Å². The maximum absolute atomic E-state index is 5.54. The molecule has 2 fully saturated rings. The molecule has 2 aliphatic rings. The molecule has 0 aromatic carbocycles. The highest BCUT2D eigenvalue weighted by molar-refractivity contribution is 4.91. The summed E-state index contributed by atoms with van der Waals surface area (Å²) in [6.07, 6.45) is 10.8. The van der Waals surface area contributed by atoms with Gasteiger partial charge in [-0.25, -0.2) is 0 Å². The Balaban J connectivity index is 1.75. The number of hydrogen-bond acceptors (Lipinski definition) is 3. The molecule has 0 spiro atoms. The molecule has 3 heteroatoms. The van der Waals surface area contributed by atoms with Gasteiger partial charge in [-0.2, -0.15) is 0 Å². The summed E-state index contributed by atoms with van der Waals surface area (Å²) in [6, 6.07) is 1.56. The van der Waals surface area contributed by atoms with Gasteiger partial charge in [0.25, 0.3) is 0 Å². The fraction of sp³-hybridized carbons (Fsp3) is 1.00. The van der Waals surface area contributed by atoms with Gasteiger partial charge in [-0.3, -0.25) is 0 Å².